The lowest BCUT2D eigenvalue weighted by Gasteiger charge is -2.36. The average molecular weight is 204 g/mol. The van der Waals surface area contributed by atoms with Gasteiger partial charge in [0, 0.05) is 0 Å². The van der Waals surface area contributed by atoms with Gasteiger partial charge in [0.1, 0.15) is 0 Å². The van der Waals surface area contributed by atoms with E-state index in [-0.39, 0.29) is 0 Å². The summed E-state index contributed by atoms with van der Waals surface area (Å²) in [7, 11) is 0. The molecule has 0 aromatic carbocycles. The third kappa shape index (κ3) is 1.09. The van der Waals surface area contributed by atoms with Gasteiger partial charge in [-0.2, -0.15) is 0 Å². The molecule has 1 spiro atoms. The average Bonchev–Trinajstić information content (AvgIpc) is 2.61. The van der Waals surface area contributed by atoms with E-state index in [1.165, 1.54) is 25.7 Å². The molecule has 15 heavy (non-hydrogen) atoms. The molecule has 84 valence electrons. The Morgan fingerprint density at radius 1 is 1.27 bits per heavy atom. The van der Waals surface area contributed by atoms with Crippen molar-refractivity contribution in [1.82, 2.24) is 0 Å². The van der Waals surface area contributed by atoms with Crippen molar-refractivity contribution in [2.45, 2.75) is 53.4 Å². The van der Waals surface area contributed by atoms with E-state index in [0.29, 0.717) is 10.8 Å². The fraction of sp³-hybridized carbons (Fsp3) is 0.867. The van der Waals surface area contributed by atoms with Crippen molar-refractivity contribution in [1.29, 1.82) is 0 Å². The van der Waals surface area contributed by atoms with Gasteiger partial charge in [-0.15, -0.1) is 0 Å². The quantitative estimate of drug-likeness (QED) is 0.513. The summed E-state index contributed by atoms with van der Waals surface area (Å²) in [6, 6.07) is 0. The van der Waals surface area contributed by atoms with Crippen molar-refractivity contribution >= 4 is 0 Å². The van der Waals surface area contributed by atoms with Crippen LogP contribution in [0.25, 0.3) is 0 Å². The van der Waals surface area contributed by atoms with Crippen LogP contribution in [-0.4, -0.2) is 0 Å². The first kappa shape index (κ1) is 9.93. The van der Waals surface area contributed by atoms with Gasteiger partial charge in [0.05, 0.1) is 0 Å². The van der Waals surface area contributed by atoms with Crippen molar-refractivity contribution in [2.75, 3.05) is 0 Å². The van der Waals surface area contributed by atoms with Crippen LogP contribution in [0.4, 0.5) is 0 Å². The normalized spacial score (nSPS) is 51.5. The first-order chi connectivity index (χ1) is 6.96. The molecule has 0 N–H and O–H groups in total. The summed E-state index contributed by atoms with van der Waals surface area (Å²) in [5.41, 5.74) is 3.01. The topological polar surface area (TPSA) is 0 Å². The fourth-order valence-corrected chi connectivity index (χ4v) is 5.34. The van der Waals surface area contributed by atoms with E-state index in [4.69, 9.17) is 0 Å². The highest BCUT2D eigenvalue weighted by Gasteiger charge is 2.61. The van der Waals surface area contributed by atoms with Gasteiger partial charge in [-0.3, -0.25) is 0 Å². The molecule has 0 heteroatoms. The Balaban J connectivity index is 2.05. The smallest absolute Gasteiger partial charge is 0.0138 e. The molecule has 0 nitrogen and oxygen atoms in total. The standard InChI is InChI=1S/C15H24/c1-10-7-12-8-14(3,4)9-15(12)11(2)5-6-13(10)15/h7,11-13H,5-6,8-9H2,1-4H3/t11-,12?,13?,15-/m1/s1. The van der Waals surface area contributed by atoms with Crippen molar-refractivity contribution < 1.29 is 0 Å². The molecule has 3 rings (SSSR count). The lowest BCUT2D eigenvalue weighted by atomic mass is 9.67. The molecule has 2 saturated carbocycles. The van der Waals surface area contributed by atoms with Crippen LogP contribution < -0.4 is 0 Å². The molecule has 3 aliphatic carbocycles. The van der Waals surface area contributed by atoms with Crippen LogP contribution in [0, 0.1) is 28.6 Å². The van der Waals surface area contributed by atoms with Crippen LogP contribution in [0.3, 0.4) is 0 Å². The minimum atomic E-state index is 0.596. The second-order valence-corrected chi connectivity index (χ2v) is 7.21. The maximum atomic E-state index is 2.63. The number of hydrogen-bond acceptors (Lipinski definition) is 0. The summed E-state index contributed by atoms with van der Waals surface area (Å²) in [6.45, 7) is 9.85. The summed E-state index contributed by atoms with van der Waals surface area (Å²) in [6.07, 6.45) is 8.49. The first-order valence-corrected chi connectivity index (χ1v) is 6.64. The zero-order valence-electron chi connectivity index (χ0n) is 10.6. The Morgan fingerprint density at radius 2 is 2.00 bits per heavy atom. The van der Waals surface area contributed by atoms with Gasteiger partial charge in [0.2, 0.25) is 0 Å². The van der Waals surface area contributed by atoms with E-state index in [9.17, 15) is 0 Å². The van der Waals surface area contributed by atoms with Crippen molar-refractivity contribution in [3.63, 3.8) is 0 Å². The summed E-state index contributed by atoms with van der Waals surface area (Å²) in [5.74, 6) is 2.82. The highest BCUT2D eigenvalue weighted by molar-refractivity contribution is 5.28. The van der Waals surface area contributed by atoms with Gasteiger partial charge < -0.3 is 0 Å². The molecule has 0 heterocycles. The Morgan fingerprint density at radius 3 is 2.73 bits per heavy atom. The summed E-state index contributed by atoms with van der Waals surface area (Å²) >= 11 is 0. The van der Waals surface area contributed by atoms with Gasteiger partial charge in [-0.1, -0.05) is 32.4 Å². The van der Waals surface area contributed by atoms with E-state index >= 15 is 0 Å². The summed E-state index contributed by atoms with van der Waals surface area (Å²) in [5, 5.41) is 0. The predicted octanol–water partition coefficient (Wildman–Crippen LogP) is 4.42. The third-order valence-corrected chi connectivity index (χ3v) is 5.72. The van der Waals surface area contributed by atoms with Crippen LogP contribution in [0.1, 0.15) is 53.4 Å². The lowest BCUT2D eigenvalue weighted by molar-refractivity contribution is 0.135. The Labute approximate surface area is 94.1 Å². The van der Waals surface area contributed by atoms with Gasteiger partial charge in [-0.25, -0.2) is 0 Å². The van der Waals surface area contributed by atoms with Crippen molar-refractivity contribution in [2.24, 2.45) is 28.6 Å². The molecule has 4 atom stereocenters. The van der Waals surface area contributed by atoms with E-state index in [1.54, 1.807) is 5.57 Å². The predicted molar refractivity (Wildman–Crippen MR) is 64.6 cm³/mol. The minimum Gasteiger partial charge on any atom is -0.0816 e. The van der Waals surface area contributed by atoms with E-state index in [1.807, 2.05) is 0 Å². The van der Waals surface area contributed by atoms with Crippen LogP contribution >= 0.6 is 0 Å². The molecule has 0 aromatic rings. The largest absolute Gasteiger partial charge is 0.0816 e. The molecule has 2 fully saturated rings. The maximum Gasteiger partial charge on any atom is -0.0138 e. The van der Waals surface area contributed by atoms with Crippen LogP contribution in [0.5, 0.6) is 0 Å². The SMILES string of the molecule is CC1=CC2CC(C)(C)C[C@]23C1CC[C@H]3C. The zero-order valence-corrected chi connectivity index (χ0v) is 10.6. The minimum absolute atomic E-state index is 0.596. The monoisotopic (exact) mass is 204 g/mol. The summed E-state index contributed by atoms with van der Waals surface area (Å²) in [4.78, 5) is 0. The van der Waals surface area contributed by atoms with Crippen LogP contribution in [-0.2, 0) is 0 Å². The third-order valence-electron chi connectivity index (χ3n) is 5.72. The number of hydrogen-bond donors (Lipinski definition) is 0. The Bertz CT molecular complexity index is 323. The van der Waals surface area contributed by atoms with Crippen molar-refractivity contribution in [3.8, 4) is 0 Å². The molecular weight excluding hydrogens is 180 g/mol. The molecule has 3 aliphatic rings. The molecule has 2 unspecified atom stereocenters. The molecule has 0 radical (unpaired) electrons. The fourth-order valence-electron chi connectivity index (χ4n) is 5.34. The molecule has 0 aliphatic heterocycles. The first-order valence-electron chi connectivity index (χ1n) is 6.64. The summed E-state index contributed by atoms with van der Waals surface area (Å²) < 4.78 is 0. The highest BCUT2D eigenvalue weighted by atomic mass is 14.7. The van der Waals surface area contributed by atoms with E-state index in [0.717, 1.165) is 17.8 Å². The molecule has 0 bridgehead atoms. The van der Waals surface area contributed by atoms with Crippen LogP contribution in [0.2, 0.25) is 0 Å². The van der Waals surface area contributed by atoms with Gasteiger partial charge >= 0.3 is 0 Å². The van der Waals surface area contributed by atoms with E-state index in [2.05, 4.69) is 33.8 Å². The van der Waals surface area contributed by atoms with Crippen molar-refractivity contribution in [3.05, 3.63) is 11.6 Å². The molecule has 0 amide bonds. The Hall–Kier alpha value is -0.260. The van der Waals surface area contributed by atoms with E-state index < -0.39 is 0 Å². The van der Waals surface area contributed by atoms with Gasteiger partial charge in [-0.05, 0) is 61.2 Å². The van der Waals surface area contributed by atoms with Gasteiger partial charge in [0.25, 0.3) is 0 Å². The molecular formula is C15H24. The second-order valence-electron chi connectivity index (χ2n) is 7.21. The highest BCUT2D eigenvalue weighted by Crippen LogP contribution is 2.70. The zero-order chi connectivity index (χ0) is 10.8. The molecule has 0 aromatic heterocycles. The number of rotatable bonds is 0. The van der Waals surface area contributed by atoms with Crippen LogP contribution in [0.15, 0.2) is 11.6 Å². The molecule has 0 saturated heterocycles. The van der Waals surface area contributed by atoms with Gasteiger partial charge in [0.15, 0.2) is 0 Å². The Kier molecular flexibility index (Phi) is 1.79. The second kappa shape index (κ2) is 2.70. The maximum absolute atomic E-state index is 2.63. The number of allylic oxidation sites excluding steroid dienone is 2. The lowest BCUT2D eigenvalue weighted by Crippen LogP contribution is -2.31.